The van der Waals surface area contributed by atoms with E-state index in [9.17, 15) is 13.2 Å². The van der Waals surface area contributed by atoms with Crippen LogP contribution in [0.1, 0.15) is 13.3 Å². The second-order valence-electron chi connectivity index (χ2n) is 2.82. The Hall–Kier alpha value is -0.550. The topological polar surface area (TPSA) is 29.5 Å². The van der Waals surface area contributed by atoms with Gasteiger partial charge < -0.3 is 9.84 Å². The Bertz CT molecular complexity index is 165. The first-order valence-electron chi connectivity index (χ1n) is 3.81. The number of rotatable bonds is 5. The minimum Gasteiger partial charge on any atom is -0.389 e. The number of aliphatic hydroxyl groups is 1. The van der Waals surface area contributed by atoms with Gasteiger partial charge in [-0.3, -0.25) is 0 Å². The molecule has 0 heterocycles. The largest absolute Gasteiger partial charge is 0.411 e. The Morgan fingerprint density at radius 2 is 2.08 bits per heavy atom. The van der Waals surface area contributed by atoms with Gasteiger partial charge in [-0.2, -0.15) is 13.2 Å². The average molecular weight is 198 g/mol. The van der Waals surface area contributed by atoms with Gasteiger partial charge in [-0.1, -0.05) is 12.2 Å². The molecule has 0 aromatic carbocycles. The first-order valence-corrected chi connectivity index (χ1v) is 3.81. The smallest absolute Gasteiger partial charge is 0.389 e. The fourth-order valence-corrected chi connectivity index (χ4v) is 0.629. The number of alkyl halides is 3. The predicted octanol–water partition coefficient (Wildman–Crippen LogP) is 1.89. The van der Waals surface area contributed by atoms with E-state index in [0.717, 1.165) is 0 Å². The van der Waals surface area contributed by atoms with Gasteiger partial charge in [0.05, 0.1) is 6.10 Å². The molecule has 1 atom stereocenters. The van der Waals surface area contributed by atoms with E-state index in [0.29, 0.717) is 5.57 Å². The van der Waals surface area contributed by atoms with Crippen LogP contribution >= 0.6 is 0 Å². The maximum atomic E-state index is 11.5. The lowest BCUT2D eigenvalue weighted by Gasteiger charge is -2.11. The normalized spacial score (nSPS) is 14.2. The van der Waals surface area contributed by atoms with E-state index in [4.69, 9.17) is 5.11 Å². The highest BCUT2D eigenvalue weighted by atomic mass is 19.4. The lowest BCUT2D eigenvalue weighted by atomic mass is 10.1. The summed E-state index contributed by atoms with van der Waals surface area (Å²) in [5, 5.41) is 9.10. The van der Waals surface area contributed by atoms with Crippen molar-refractivity contribution >= 4 is 0 Å². The summed E-state index contributed by atoms with van der Waals surface area (Å²) in [4.78, 5) is 0. The number of aliphatic hydroxyl groups excluding tert-OH is 1. The molecule has 0 aromatic rings. The van der Waals surface area contributed by atoms with Crippen LogP contribution in [0, 0.1) is 0 Å². The minimum absolute atomic E-state index is 0.118. The Kier molecular flexibility index (Phi) is 5.02. The summed E-state index contributed by atoms with van der Waals surface area (Å²) in [6.45, 7) is 3.67. The highest BCUT2D eigenvalue weighted by Crippen LogP contribution is 2.14. The first-order chi connectivity index (χ1) is 5.83. The van der Waals surface area contributed by atoms with E-state index < -0.39 is 18.9 Å². The quantitative estimate of drug-likeness (QED) is 0.540. The fraction of sp³-hybridized carbons (Fsp3) is 0.750. The van der Waals surface area contributed by atoms with E-state index in [2.05, 4.69) is 11.3 Å². The molecule has 0 rings (SSSR count). The molecule has 0 aliphatic carbocycles. The summed E-state index contributed by atoms with van der Waals surface area (Å²) in [5.41, 5.74) is 0.524. The van der Waals surface area contributed by atoms with E-state index in [1.54, 1.807) is 6.92 Å². The van der Waals surface area contributed by atoms with Crippen LogP contribution in [0.25, 0.3) is 0 Å². The third-order valence-electron chi connectivity index (χ3n) is 1.37. The summed E-state index contributed by atoms with van der Waals surface area (Å²) < 4.78 is 38.9. The Balaban J connectivity index is 3.41. The number of ether oxygens (including phenoxy) is 1. The molecule has 1 unspecified atom stereocenters. The Morgan fingerprint density at radius 3 is 2.46 bits per heavy atom. The molecule has 1 N–H and O–H groups in total. The third-order valence-corrected chi connectivity index (χ3v) is 1.37. The number of hydrogen-bond donors (Lipinski definition) is 1. The lowest BCUT2D eigenvalue weighted by molar-refractivity contribution is -0.174. The van der Waals surface area contributed by atoms with Crippen molar-refractivity contribution in [2.45, 2.75) is 25.6 Å². The molecule has 0 fully saturated rings. The van der Waals surface area contributed by atoms with Crippen molar-refractivity contribution in [2.75, 3.05) is 13.2 Å². The van der Waals surface area contributed by atoms with E-state index >= 15 is 0 Å². The van der Waals surface area contributed by atoms with Gasteiger partial charge in [0.15, 0.2) is 0 Å². The third kappa shape index (κ3) is 7.80. The Labute approximate surface area is 75.0 Å². The van der Waals surface area contributed by atoms with Crippen LogP contribution in [0.5, 0.6) is 0 Å². The van der Waals surface area contributed by atoms with Crippen molar-refractivity contribution in [3.63, 3.8) is 0 Å². The fourth-order valence-electron chi connectivity index (χ4n) is 0.629. The maximum Gasteiger partial charge on any atom is 0.411 e. The van der Waals surface area contributed by atoms with Crippen LogP contribution in [0.3, 0.4) is 0 Å². The molecule has 0 bridgehead atoms. The highest BCUT2D eigenvalue weighted by Gasteiger charge is 2.27. The zero-order valence-electron chi connectivity index (χ0n) is 7.40. The molecule has 78 valence electrons. The van der Waals surface area contributed by atoms with Crippen LogP contribution < -0.4 is 0 Å². The van der Waals surface area contributed by atoms with Gasteiger partial charge in [0.2, 0.25) is 0 Å². The van der Waals surface area contributed by atoms with Crippen LogP contribution in [0.4, 0.5) is 13.2 Å². The molecule has 13 heavy (non-hydrogen) atoms. The Morgan fingerprint density at radius 1 is 1.54 bits per heavy atom. The zero-order valence-corrected chi connectivity index (χ0v) is 7.40. The van der Waals surface area contributed by atoms with Gasteiger partial charge in [0, 0.05) is 13.0 Å². The monoisotopic (exact) mass is 198 g/mol. The molecular weight excluding hydrogens is 185 g/mol. The van der Waals surface area contributed by atoms with E-state index in [-0.39, 0.29) is 13.0 Å². The average Bonchev–Trinajstić information content (AvgIpc) is 1.95. The van der Waals surface area contributed by atoms with Gasteiger partial charge in [-0.25, -0.2) is 0 Å². The van der Waals surface area contributed by atoms with E-state index in [1.165, 1.54) is 0 Å². The SMILES string of the molecule is C=C(C)C(O)CCOCC(F)(F)F. The zero-order chi connectivity index (χ0) is 10.5. The highest BCUT2D eigenvalue weighted by molar-refractivity contribution is 4.96. The van der Waals surface area contributed by atoms with Crippen molar-refractivity contribution < 1.29 is 23.0 Å². The molecule has 0 amide bonds. The summed E-state index contributed by atoms with van der Waals surface area (Å²) in [7, 11) is 0. The van der Waals surface area contributed by atoms with Gasteiger partial charge in [0.25, 0.3) is 0 Å². The van der Waals surface area contributed by atoms with E-state index in [1.807, 2.05) is 0 Å². The molecule has 2 nitrogen and oxygen atoms in total. The summed E-state index contributed by atoms with van der Waals surface area (Å²) in [6.07, 6.45) is -4.94. The van der Waals surface area contributed by atoms with Crippen molar-refractivity contribution in [3.8, 4) is 0 Å². The molecule has 0 aliphatic heterocycles. The molecule has 0 saturated heterocycles. The molecule has 0 aliphatic rings. The second kappa shape index (κ2) is 5.24. The van der Waals surface area contributed by atoms with Gasteiger partial charge in [-0.05, 0) is 6.92 Å². The van der Waals surface area contributed by atoms with Crippen molar-refractivity contribution in [2.24, 2.45) is 0 Å². The van der Waals surface area contributed by atoms with Gasteiger partial charge in [-0.15, -0.1) is 0 Å². The van der Waals surface area contributed by atoms with Crippen molar-refractivity contribution in [1.82, 2.24) is 0 Å². The molecule has 0 aromatic heterocycles. The first kappa shape index (κ1) is 12.4. The second-order valence-corrected chi connectivity index (χ2v) is 2.82. The lowest BCUT2D eigenvalue weighted by Crippen LogP contribution is -2.19. The number of halogens is 3. The summed E-state index contributed by atoms with van der Waals surface area (Å²) in [5.74, 6) is 0. The van der Waals surface area contributed by atoms with Crippen LogP contribution in [-0.2, 0) is 4.74 Å². The molecule has 5 heteroatoms. The standard InChI is InChI=1S/C8H13F3O2/c1-6(2)7(12)3-4-13-5-8(9,10)11/h7,12H,1,3-5H2,2H3. The van der Waals surface area contributed by atoms with Crippen molar-refractivity contribution in [3.05, 3.63) is 12.2 Å². The van der Waals surface area contributed by atoms with Gasteiger partial charge >= 0.3 is 6.18 Å². The van der Waals surface area contributed by atoms with Crippen molar-refractivity contribution in [1.29, 1.82) is 0 Å². The summed E-state index contributed by atoms with van der Waals surface area (Å²) >= 11 is 0. The summed E-state index contributed by atoms with van der Waals surface area (Å²) in [6, 6.07) is 0. The van der Waals surface area contributed by atoms with Crippen LogP contribution in [0.15, 0.2) is 12.2 Å². The maximum absolute atomic E-state index is 11.5. The minimum atomic E-state index is -4.30. The van der Waals surface area contributed by atoms with Gasteiger partial charge in [0.1, 0.15) is 6.61 Å². The van der Waals surface area contributed by atoms with Crippen LogP contribution in [-0.4, -0.2) is 30.6 Å². The molecular formula is C8H13F3O2. The number of hydrogen-bond acceptors (Lipinski definition) is 2. The molecule has 0 saturated carbocycles. The molecule has 0 spiro atoms. The molecule has 0 radical (unpaired) electrons. The van der Waals surface area contributed by atoms with Crippen LogP contribution in [0.2, 0.25) is 0 Å². The predicted molar refractivity (Wildman–Crippen MR) is 42.3 cm³/mol.